The summed E-state index contributed by atoms with van der Waals surface area (Å²) >= 11 is 0. The van der Waals surface area contributed by atoms with Crippen molar-refractivity contribution in [2.45, 2.75) is 63.0 Å². The lowest BCUT2D eigenvalue weighted by Gasteiger charge is -2.38. The first-order valence-electron chi connectivity index (χ1n) is 6.18. The largest absolute Gasteiger partial charge is 0.388 e. The molecule has 1 heterocycles. The van der Waals surface area contributed by atoms with E-state index in [1.165, 1.54) is 19.3 Å². The number of rotatable bonds is 1. The summed E-state index contributed by atoms with van der Waals surface area (Å²) in [6.45, 7) is 1.01. The molecule has 0 bridgehead atoms. The Bertz CT molecular complexity index is 222. The normalized spacial score (nSPS) is 32.3. The van der Waals surface area contributed by atoms with Gasteiger partial charge in [-0.1, -0.05) is 12.8 Å². The molecule has 1 unspecified atom stereocenters. The van der Waals surface area contributed by atoms with E-state index in [4.69, 9.17) is 0 Å². The Balaban J connectivity index is 1.97. The average Bonchev–Trinajstić information content (AvgIpc) is 2.51. The van der Waals surface area contributed by atoms with E-state index in [0.29, 0.717) is 31.5 Å². The van der Waals surface area contributed by atoms with Crippen molar-refractivity contribution >= 4 is 5.78 Å². The highest BCUT2D eigenvalue weighted by Crippen LogP contribution is 2.32. The van der Waals surface area contributed by atoms with E-state index < -0.39 is 5.60 Å². The summed E-state index contributed by atoms with van der Waals surface area (Å²) in [4.78, 5) is 11.2. The van der Waals surface area contributed by atoms with E-state index in [0.717, 1.165) is 13.0 Å². The summed E-state index contributed by atoms with van der Waals surface area (Å²) in [5.74, 6) is 0.313. The quantitative estimate of drug-likeness (QED) is 0.689. The number of carbonyl (C=O) groups excluding carboxylic acids is 1. The molecule has 3 nitrogen and oxygen atoms in total. The fourth-order valence-electron chi connectivity index (χ4n) is 2.80. The lowest BCUT2D eigenvalue weighted by Crippen LogP contribution is -2.52. The van der Waals surface area contributed by atoms with Crippen molar-refractivity contribution in [1.82, 2.24) is 5.32 Å². The summed E-state index contributed by atoms with van der Waals surface area (Å²) in [6.07, 6.45) is 7.18. The smallest absolute Gasteiger partial charge is 0.133 e. The van der Waals surface area contributed by atoms with Crippen LogP contribution in [0.5, 0.6) is 0 Å². The van der Waals surface area contributed by atoms with Crippen molar-refractivity contribution in [3.63, 3.8) is 0 Å². The van der Waals surface area contributed by atoms with Crippen molar-refractivity contribution in [2.75, 3.05) is 6.54 Å². The summed E-state index contributed by atoms with van der Waals surface area (Å²) in [5.41, 5.74) is -0.613. The Labute approximate surface area is 91.2 Å². The Hall–Kier alpha value is -0.410. The molecule has 2 rings (SSSR count). The number of ketones is 1. The minimum atomic E-state index is -0.613. The minimum absolute atomic E-state index is 0.216. The third kappa shape index (κ3) is 2.58. The van der Waals surface area contributed by atoms with E-state index >= 15 is 0 Å². The van der Waals surface area contributed by atoms with Gasteiger partial charge in [-0.25, -0.2) is 0 Å². The zero-order chi connectivity index (χ0) is 10.7. The van der Waals surface area contributed by atoms with Gasteiger partial charge in [-0.15, -0.1) is 0 Å². The monoisotopic (exact) mass is 211 g/mol. The average molecular weight is 211 g/mol. The molecule has 86 valence electrons. The molecule has 0 spiro atoms. The lowest BCUT2D eigenvalue weighted by molar-refractivity contribution is -0.127. The highest BCUT2D eigenvalue weighted by atomic mass is 16.3. The number of carbonyl (C=O) groups is 1. The standard InChI is InChI=1S/C12H21NO2/c14-10-5-7-12(15,8-6-10)11-4-2-1-3-9-13-11/h11,13,15H,1-9H2. The number of hydrogen-bond acceptors (Lipinski definition) is 3. The highest BCUT2D eigenvalue weighted by molar-refractivity contribution is 5.79. The fourth-order valence-corrected chi connectivity index (χ4v) is 2.80. The molecule has 1 saturated heterocycles. The van der Waals surface area contributed by atoms with Crippen molar-refractivity contribution in [1.29, 1.82) is 0 Å². The zero-order valence-corrected chi connectivity index (χ0v) is 9.30. The van der Waals surface area contributed by atoms with Crippen LogP contribution in [0, 0.1) is 0 Å². The summed E-state index contributed by atoms with van der Waals surface area (Å²) in [6, 6.07) is 0.216. The van der Waals surface area contributed by atoms with Crippen molar-refractivity contribution in [2.24, 2.45) is 0 Å². The molecule has 0 amide bonds. The Morgan fingerprint density at radius 3 is 2.67 bits per heavy atom. The molecule has 1 aliphatic heterocycles. The van der Waals surface area contributed by atoms with Crippen molar-refractivity contribution < 1.29 is 9.90 Å². The van der Waals surface area contributed by atoms with Crippen LogP contribution in [0.1, 0.15) is 51.4 Å². The molecule has 2 aliphatic rings. The van der Waals surface area contributed by atoms with E-state index in [-0.39, 0.29) is 6.04 Å². The van der Waals surface area contributed by atoms with Gasteiger partial charge in [0.25, 0.3) is 0 Å². The second-order valence-electron chi connectivity index (χ2n) is 5.00. The summed E-state index contributed by atoms with van der Waals surface area (Å²) in [5, 5.41) is 14.0. The fraction of sp³-hybridized carbons (Fsp3) is 0.917. The predicted octanol–water partition coefficient (Wildman–Crippen LogP) is 1.39. The summed E-state index contributed by atoms with van der Waals surface area (Å²) in [7, 11) is 0. The van der Waals surface area contributed by atoms with E-state index in [1.807, 2.05) is 0 Å². The van der Waals surface area contributed by atoms with Crippen molar-refractivity contribution in [3.8, 4) is 0 Å². The van der Waals surface area contributed by atoms with Crippen LogP contribution in [0.3, 0.4) is 0 Å². The first-order valence-corrected chi connectivity index (χ1v) is 6.18. The van der Waals surface area contributed by atoms with Gasteiger partial charge < -0.3 is 10.4 Å². The maximum atomic E-state index is 11.2. The molecule has 0 aromatic rings. The van der Waals surface area contributed by atoms with Gasteiger partial charge in [-0.05, 0) is 32.2 Å². The molecule has 0 radical (unpaired) electrons. The highest BCUT2D eigenvalue weighted by Gasteiger charge is 2.39. The maximum absolute atomic E-state index is 11.2. The number of Topliss-reactive ketones (excluding diaryl/α,β-unsaturated/α-hetero) is 1. The third-order valence-corrected chi connectivity index (χ3v) is 3.88. The molecule has 0 aromatic carbocycles. The molecule has 0 aromatic heterocycles. The van der Waals surface area contributed by atoms with Crippen LogP contribution in [0.4, 0.5) is 0 Å². The minimum Gasteiger partial charge on any atom is -0.388 e. The number of nitrogens with one attached hydrogen (secondary N) is 1. The molecule has 15 heavy (non-hydrogen) atoms. The van der Waals surface area contributed by atoms with Gasteiger partial charge in [-0.2, -0.15) is 0 Å². The molecular formula is C12H21NO2. The van der Waals surface area contributed by atoms with Crippen LogP contribution >= 0.6 is 0 Å². The topological polar surface area (TPSA) is 49.3 Å². The first kappa shape index (κ1) is 11.1. The molecule has 1 saturated carbocycles. The molecule has 2 N–H and O–H groups in total. The molecule has 3 heteroatoms. The molecule has 1 aliphatic carbocycles. The van der Waals surface area contributed by atoms with E-state index in [9.17, 15) is 9.90 Å². The van der Waals surface area contributed by atoms with E-state index in [2.05, 4.69) is 5.32 Å². The predicted molar refractivity (Wildman–Crippen MR) is 58.7 cm³/mol. The molecule has 2 fully saturated rings. The van der Waals surface area contributed by atoms with Gasteiger partial charge in [0.2, 0.25) is 0 Å². The Morgan fingerprint density at radius 2 is 1.93 bits per heavy atom. The van der Waals surface area contributed by atoms with Crippen LogP contribution in [-0.2, 0) is 4.79 Å². The Morgan fingerprint density at radius 1 is 1.20 bits per heavy atom. The summed E-state index contributed by atoms with van der Waals surface area (Å²) < 4.78 is 0. The van der Waals surface area contributed by atoms with Crippen molar-refractivity contribution in [3.05, 3.63) is 0 Å². The van der Waals surface area contributed by atoms with Gasteiger partial charge in [-0.3, -0.25) is 4.79 Å². The second-order valence-corrected chi connectivity index (χ2v) is 5.00. The SMILES string of the molecule is O=C1CCC(O)(C2CCCCCN2)CC1. The first-order chi connectivity index (χ1) is 7.21. The van der Waals surface area contributed by atoms with Gasteiger partial charge in [0.15, 0.2) is 0 Å². The zero-order valence-electron chi connectivity index (χ0n) is 9.30. The van der Waals surface area contributed by atoms with Gasteiger partial charge in [0, 0.05) is 18.9 Å². The van der Waals surface area contributed by atoms with Crippen LogP contribution in [0.25, 0.3) is 0 Å². The van der Waals surface area contributed by atoms with Gasteiger partial charge >= 0.3 is 0 Å². The van der Waals surface area contributed by atoms with Gasteiger partial charge in [0.1, 0.15) is 5.78 Å². The molecular weight excluding hydrogens is 190 g/mol. The van der Waals surface area contributed by atoms with Crippen LogP contribution < -0.4 is 5.32 Å². The van der Waals surface area contributed by atoms with Crippen LogP contribution in [0.2, 0.25) is 0 Å². The second kappa shape index (κ2) is 4.62. The Kier molecular flexibility index (Phi) is 3.42. The maximum Gasteiger partial charge on any atom is 0.133 e. The van der Waals surface area contributed by atoms with Crippen LogP contribution in [0.15, 0.2) is 0 Å². The lowest BCUT2D eigenvalue weighted by atomic mass is 9.77. The van der Waals surface area contributed by atoms with Gasteiger partial charge in [0.05, 0.1) is 5.60 Å². The number of hydrogen-bond donors (Lipinski definition) is 2. The third-order valence-electron chi connectivity index (χ3n) is 3.88. The van der Waals surface area contributed by atoms with Crippen LogP contribution in [-0.4, -0.2) is 29.1 Å². The number of aliphatic hydroxyl groups is 1. The van der Waals surface area contributed by atoms with E-state index in [1.54, 1.807) is 0 Å². The molecule has 1 atom stereocenters.